The Hall–Kier alpha value is -2.83. The van der Waals surface area contributed by atoms with Gasteiger partial charge in [-0.05, 0) is 75.9 Å². The Morgan fingerprint density at radius 2 is 1.66 bits per heavy atom. The molecule has 2 heterocycles. The summed E-state index contributed by atoms with van der Waals surface area (Å²) < 4.78 is 20.2. The molecule has 3 aromatic rings. The molecule has 2 aromatic carbocycles. The number of imidazole rings is 1. The first kappa shape index (κ1) is 25.3. The molecule has 6 nitrogen and oxygen atoms in total. The van der Waals surface area contributed by atoms with E-state index in [1.165, 1.54) is 11.1 Å². The van der Waals surface area contributed by atoms with E-state index in [4.69, 9.17) is 14.2 Å². The zero-order chi connectivity index (χ0) is 24.5. The van der Waals surface area contributed by atoms with Crippen LogP contribution in [0.2, 0.25) is 0 Å². The number of ether oxygens (including phenoxy) is 3. The first-order valence-electron chi connectivity index (χ1n) is 12.7. The van der Waals surface area contributed by atoms with Crippen LogP contribution in [0.25, 0.3) is 0 Å². The predicted octanol–water partition coefficient (Wildman–Crippen LogP) is 5.42. The molecule has 4 rings (SSSR count). The van der Waals surface area contributed by atoms with E-state index < -0.39 is 0 Å². The molecule has 0 N–H and O–H groups in total. The van der Waals surface area contributed by atoms with Crippen LogP contribution >= 0.6 is 0 Å². The van der Waals surface area contributed by atoms with Crippen molar-refractivity contribution in [3.05, 3.63) is 77.9 Å². The van der Waals surface area contributed by atoms with Crippen molar-refractivity contribution in [1.82, 2.24) is 14.5 Å². The largest absolute Gasteiger partial charge is 0.494 e. The van der Waals surface area contributed by atoms with E-state index >= 15 is 0 Å². The highest BCUT2D eigenvalue weighted by Gasteiger charge is 2.33. The van der Waals surface area contributed by atoms with Gasteiger partial charge in [0.25, 0.3) is 0 Å². The second-order valence-electron chi connectivity index (χ2n) is 9.63. The van der Waals surface area contributed by atoms with Crippen LogP contribution in [0, 0.1) is 13.8 Å². The smallest absolute Gasteiger partial charge is 0.119 e. The summed E-state index contributed by atoms with van der Waals surface area (Å²) in [6.07, 6.45) is 7.89. The lowest BCUT2D eigenvalue weighted by molar-refractivity contribution is -0.0541. The molecule has 1 aliphatic rings. The third-order valence-corrected chi connectivity index (χ3v) is 7.01. The molecule has 188 valence electrons. The van der Waals surface area contributed by atoms with E-state index in [0.717, 1.165) is 69.2 Å². The van der Waals surface area contributed by atoms with Gasteiger partial charge in [0.05, 0.1) is 6.61 Å². The Morgan fingerprint density at radius 3 is 2.37 bits per heavy atom. The Balaban J connectivity index is 1.22. The van der Waals surface area contributed by atoms with Crippen molar-refractivity contribution in [2.24, 2.45) is 0 Å². The van der Waals surface area contributed by atoms with Crippen molar-refractivity contribution < 1.29 is 14.2 Å². The van der Waals surface area contributed by atoms with Crippen LogP contribution in [-0.2, 0) is 17.8 Å². The number of benzene rings is 2. The lowest BCUT2D eigenvalue weighted by Gasteiger charge is -2.31. The number of nitrogens with zero attached hydrogens (tertiary/aromatic N) is 3. The second-order valence-corrected chi connectivity index (χ2v) is 9.63. The second kappa shape index (κ2) is 12.2. The number of aromatic nitrogens is 2. The fourth-order valence-electron chi connectivity index (χ4n) is 4.65. The Bertz CT molecular complexity index is 1030. The normalized spacial score (nSPS) is 18.8. The van der Waals surface area contributed by atoms with Crippen molar-refractivity contribution >= 4 is 0 Å². The van der Waals surface area contributed by atoms with Crippen molar-refractivity contribution in [3.8, 4) is 11.5 Å². The summed E-state index contributed by atoms with van der Waals surface area (Å²) in [5, 5.41) is 0. The van der Waals surface area contributed by atoms with Gasteiger partial charge in [-0.15, -0.1) is 0 Å². The number of methoxy groups -OCH3 is 1. The van der Waals surface area contributed by atoms with Gasteiger partial charge in [-0.2, -0.15) is 0 Å². The van der Waals surface area contributed by atoms with Gasteiger partial charge in [0.15, 0.2) is 0 Å². The molecule has 0 aliphatic carbocycles. The van der Waals surface area contributed by atoms with Gasteiger partial charge in [0, 0.05) is 39.1 Å². The monoisotopic (exact) mass is 477 g/mol. The molecule has 0 amide bonds. The van der Waals surface area contributed by atoms with Crippen LogP contribution in [0.4, 0.5) is 0 Å². The molecular formula is C29H39N3O3. The summed E-state index contributed by atoms with van der Waals surface area (Å²) >= 11 is 0. The van der Waals surface area contributed by atoms with Crippen molar-refractivity contribution in [2.45, 2.75) is 58.2 Å². The number of likely N-dealkylation sites (tertiary alicyclic amines) is 1. The Morgan fingerprint density at radius 1 is 0.914 bits per heavy atom. The van der Waals surface area contributed by atoms with Crippen LogP contribution in [0.5, 0.6) is 11.5 Å². The van der Waals surface area contributed by atoms with Gasteiger partial charge >= 0.3 is 0 Å². The molecule has 1 aliphatic heterocycles. The topological polar surface area (TPSA) is 48.8 Å². The first-order chi connectivity index (χ1) is 17.0. The zero-order valence-electron chi connectivity index (χ0n) is 21.4. The maximum absolute atomic E-state index is 6.12. The summed E-state index contributed by atoms with van der Waals surface area (Å²) in [6.45, 7) is 9.35. The lowest BCUT2D eigenvalue weighted by Crippen LogP contribution is -2.39. The molecule has 0 radical (unpaired) electrons. The average Bonchev–Trinajstić information content (AvgIpc) is 3.18. The summed E-state index contributed by atoms with van der Waals surface area (Å²) in [5.74, 6) is 2.88. The number of aryl methyl sites for hydroxylation is 3. The fourth-order valence-corrected chi connectivity index (χ4v) is 4.65. The molecule has 1 aromatic heterocycles. The molecule has 1 atom stereocenters. The summed E-state index contributed by atoms with van der Waals surface area (Å²) in [7, 11) is 1.82. The molecule has 6 heteroatoms. The van der Waals surface area contributed by atoms with Crippen molar-refractivity contribution in [1.29, 1.82) is 0 Å². The molecule has 35 heavy (non-hydrogen) atoms. The van der Waals surface area contributed by atoms with Crippen LogP contribution < -0.4 is 9.47 Å². The van der Waals surface area contributed by atoms with Crippen molar-refractivity contribution in [3.63, 3.8) is 0 Å². The van der Waals surface area contributed by atoms with Crippen molar-refractivity contribution in [2.75, 3.05) is 33.4 Å². The Labute approximate surface area is 209 Å². The SMILES string of the molecule is COC1(COc2ccc(C)cc2)CCCN(Cc2ccc(OCCCn3ccnc3C)cc2)CC1. The Kier molecular flexibility index (Phi) is 8.83. The number of hydrogen-bond donors (Lipinski definition) is 0. The van der Waals surface area contributed by atoms with Gasteiger partial charge in [-0.3, -0.25) is 4.90 Å². The third kappa shape index (κ3) is 7.33. The predicted molar refractivity (Wildman–Crippen MR) is 139 cm³/mol. The van der Waals surface area contributed by atoms with E-state index in [0.29, 0.717) is 13.2 Å². The fraction of sp³-hybridized carbons (Fsp3) is 0.483. The summed E-state index contributed by atoms with van der Waals surface area (Å²) in [6, 6.07) is 16.8. The van der Waals surface area contributed by atoms with Gasteiger partial charge in [-0.25, -0.2) is 4.98 Å². The average molecular weight is 478 g/mol. The highest BCUT2D eigenvalue weighted by Crippen LogP contribution is 2.28. The van der Waals surface area contributed by atoms with Crippen LogP contribution in [0.1, 0.15) is 42.6 Å². The minimum absolute atomic E-state index is 0.230. The minimum Gasteiger partial charge on any atom is -0.494 e. The molecule has 0 spiro atoms. The molecule has 1 saturated heterocycles. The van der Waals surface area contributed by atoms with E-state index in [9.17, 15) is 0 Å². The third-order valence-electron chi connectivity index (χ3n) is 7.01. The molecular weight excluding hydrogens is 438 g/mol. The van der Waals surface area contributed by atoms with Gasteiger partial charge in [0.2, 0.25) is 0 Å². The van der Waals surface area contributed by atoms with E-state index in [2.05, 4.69) is 57.8 Å². The van der Waals surface area contributed by atoms with E-state index in [-0.39, 0.29) is 5.60 Å². The highest BCUT2D eigenvalue weighted by atomic mass is 16.5. The summed E-state index contributed by atoms with van der Waals surface area (Å²) in [4.78, 5) is 6.78. The highest BCUT2D eigenvalue weighted by molar-refractivity contribution is 5.27. The maximum atomic E-state index is 6.12. The van der Waals surface area contributed by atoms with E-state index in [1.807, 2.05) is 38.6 Å². The molecule has 1 fully saturated rings. The standard InChI is InChI=1S/C29H39N3O3/c1-24-6-10-28(11-7-24)35-23-29(33-3)14-4-17-31(19-15-29)22-26-8-12-27(13-9-26)34-21-5-18-32-20-16-30-25(32)2/h6-13,16,20H,4-5,14-15,17-19,21-23H2,1-3H3. The van der Waals surface area contributed by atoms with Crippen LogP contribution in [-0.4, -0.2) is 53.5 Å². The summed E-state index contributed by atoms with van der Waals surface area (Å²) in [5.41, 5.74) is 2.32. The maximum Gasteiger partial charge on any atom is 0.119 e. The van der Waals surface area contributed by atoms with Gasteiger partial charge < -0.3 is 18.8 Å². The van der Waals surface area contributed by atoms with E-state index in [1.54, 1.807) is 0 Å². The van der Waals surface area contributed by atoms with Gasteiger partial charge in [0.1, 0.15) is 29.5 Å². The molecule has 0 bridgehead atoms. The molecule has 1 unspecified atom stereocenters. The van der Waals surface area contributed by atoms with Crippen LogP contribution in [0.15, 0.2) is 60.9 Å². The van der Waals surface area contributed by atoms with Gasteiger partial charge in [-0.1, -0.05) is 29.8 Å². The molecule has 0 saturated carbocycles. The minimum atomic E-state index is -0.230. The van der Waals surface area contributed by atoms with Crippen LogP contribution in [0.3, 0.4) is 0 Å². The zero-order valence-corrected chi connectivity index (χ0v) is 21.4. The number of hydrogen-bond acceptors (Lipinski definition) is 5. The quantitative estimate of drug-likeness (QED) is 0.345. The first-order valence-corrected chi connectivity index (χ1v) is 12.7. The lowest BCUT2D eigenvalue weighted by atomic mass is 9.95. The number of rotatable bonds is 11.